The molecule has 0 heterocycles. The average Bonchev–Trinajstić information content (AvgIpc) is 3.25. The minimum absolute atomic E-state index is 0.436. The number of hydrogen-bond acceptors (Lipinski definition) is 0. The Balaban J connectivity index is 1.78. The summed E-state index contributed by atoms with van der Waals surface area (Å²) in [6.07, 6.45) is 0. The molecule has 0 spiro atoms. The van der Waals surface area contributed by atoms with Crippen molar-refractivity contribution >= 4 is 0 Å². The lowest BCUT2D eigenvalue weighted by atomic mass is 9.73. The standard InChI is InChI=1S/C60H66/c1-37(2)43-13-25-49(26-14-43)55-56(50-27-15-44(16-28-50)38(3)4)58(52-31-19-46(20-32-52)40(7)8)60(54-35-23-48(24-36-54)42(11)12)59(53-33-21-47(22-34-53)41(9)10)57(55)51-29-17-45(18-30-51)39(5)6/h13-42H,1-12H3. The van der Waals surface area contributed by atoms with Gasteiger partial charge in [0.25, 0.3) is 0 Å². The summed E-state index contributed by atoms with van der Waals surface area (Å²) < 4.78 is 0. The summed E-state index contributed by atoms with van der Waals surface area (Å²) in [5.74, 6) is 2.62. The summed E-state index contributed by atoms with van der Waals surface area (Å²) in [6.45, 7) is 27.4. The van der Waals surface area contributed by atoms with Crippen LogP contribution in [-0.2, 0) is 0 Å². The lowest BCUT2D eigenvalue weighted by Crippen LogP contribution is -2.03. The van der Waals surface area contributed by atoms with E-state index in [2.05, 4.69) is 229 Å². The molecule has 0 nitrogen and oxygen atoms in total. The third-order valence-electron chi connectivity index (χ3n) is 12.7. The number of rotatable bonds is 12. The SMILES string of the molecule is CC(C)c1ccc(-c2c(-c3ccc(C(C)C)cc3)c(-c3ccc(C(C)C)cc3)c(-c3ccc(C(C)C)cc3)c(-c3ccc(C(C)C)cc3)c2-c2ccc(C(C)C)cc2)cc1. The molecule has 7 aromatic carbocycles. The monoisotopic (exact) mass is 787 g/mol. The van der Waals surface area contributed by atoms with Gasteiger partial charge in [-0.3, -0.25) is 0 Å². The normalized spacial score (nSPS) is 11.9. The quantitative estimate of drug-likeness (QED) is 0.116. The number of benzene rings is 7. The Hall–Kier alpha value is -5.46. The lowest BCUT2D eigenvalue weighted by molar-refractivity contribution is 0.866. The maximum absolute atomic E-state index is 2.39. The minimum atomic E-state index is 0.436. The van der Waals surface area contributed by atoms with Crippen molar-refractivity contribution < 1.29 is 0 Å². The topological polar surface area (TPSA) is 0 Å². The van der Waals surface area contributed by atoms with Crippen LogP contribution >= 0.6 is 0 Å². The Kier molecular flexibility index (Phi) is 12.8. The van der Waals surface area contributed by atoms with Crippen molar-refractivity contribution in [1.29, 1.82) is 0 Å². The summed E-state index contributed by atoms with van der Waals surface area (Å²) >= 11 is 0. The zero-order valence-electron chi connectivity index (χ0n) is 38.3. The van der Waals surface area contributed by atoms with E-state index in [1.165, 1.54) is 100 Å². The zero-order chi connectivity index (χ0) is 42.8. The third kappa shape index (κ3) is 8.72. The Morgan fingerprint density at radius 3 is 0.350 bits per heavy atom. The maximum Gasteiger partial charge on any atom is -0.00139 e. The first-order chi connectivity index (χ1) is 28.7. The van der Waals surface area contributed by atoms with E-state index in [4.69, 9.17) is 0 Å². The first-order valence-corrected chi connectivity index (χ1v) is 22.6. The fraction of sp³-hybridized carbons (Fsp3) is 0.300. The third-order valence-corrected chi connectivity index (χ3v) is 12.7. The van der Waals surface area contributed by atoms with E-state index < -0.39 is 0 Å². The molecular formula is C60H66. The van der Waals surface area contributed by atoms with Gasteiger partial charge in [-0.25, -0.2) is 0 Å². The first kappa shape index (κ1) is 42.7. The molecule has 0 aromatic heterocycles. The molecule has 0 radical (unpaired) electrons. The summed E-state index contributed by atoms with van der Waals surface area (Å²) in [5, 5.41) is 0. The van der Waals surface area contributed by atoms with Crippen LogP contribution in [-0.4, -0.2) is 0 Å². The van der Waals surface area contributed by atoms with Gasteiger partial charge in [-0.05, 0) is 136 Å². The average molecular weight is 787 g/mol. The molecule has 60 heavy (non-hydrogen) atoms. The van der Waals surface area contributed by atoms with E-state index >= 15 is 0 Å². The van der Waals surface area contributed by atoms with Crippen LogP contribution in [0.5, 0.6) is 0 Å². The molecule has 0 fully saturated rings. The second kappa shape index (κ2) is 18.0. The molecule has 7 rings (SSSR count). The molecule has 0 aliphatic rings. The molecule has 0 unspecified atom stereocenters. The van der Waals surface area contributed by atoms with E-state index in [1.54, 1.807) is 0 Å². The summed E-state index contributed by atoms with van der Waals surface area (Å²) in [5.41, 5.74) is 23.1. The van der Waals surface area contributed by atoms with Crippen molar-refractivity contribution in [3.8, 4) is 66.8 Å². The molecule has 0 atom stereocenters. The van der Waals surface area contributed by atoms with Crippen LogP contribution in [0.15, 0.2) is 146 Å². The van der Waals surface area contributed by atoms with Gasteiger partial charge < -0.3 is 0 Å². The van der Waals surface area contributed by atoms with Crippen molar-refractivity contribution in [3.05, 3.63) is 179 Å². The largest absolute Gasteiger partial charge is 0.0587 e. The smallest absolute Gasteiger partial charge is 0.00139 e. The van der Waals surface area contributed by atoms with Crippen molar-refractivity contribution in [2.45, 2.75) is 119 Å². The van der Waals surface area contributed by atoms with E-state index in [-0.39, 0.29) is 0 Å². The molecule has 0 aliphatic heterocycles. The highest BCUT2D eigenvalue weighted by Crippen LogP contribution is 2.56. The van der Waals surface area contributed by atoms with E-state index in [0.29, 0.717) is 35.5 Å². The van der Waals surface area contributed by atoms with E-state index in [1.807, 2.05) is 0 Å². The van der Waals surface area contributed by atoms with Crippen LogP contribution in [0.2, 0.25) is 0 Å². The van der Waals surface area contributed by atoms with Crippen LogP contribution in [0.4, 0.5) is 0 Å². The van der Waals surface area contributed by atoms with Gasteiger partial charge in [-0.1, -0.05) is 229 Å². The highest BCUT2D eigenvalue weighted by Gasteiger charge is 2.30. The number of hydrogen-bond donors (Lipinski definition) is 0. The van der Waals surface area contributed by atoms with Gasteiger partial charge in [-0.2, -0.15) is 0 Å². The maximum atomic E-state index is 2.39. The molecule has 0 aliphatic carbocycles. The second-order valence-electron chi connectivity index (χ2n) is 18.9. The fourth-order valence-electron chi connectivity index (χ4n) is 8.69. The van der Waals surface area contributed by atoms with E-state index in [9.17, 15) is 0 Å². The predicted octanol–water partition coefficient (Wildman–Crippen LogP) is 18.4. The highest BCUT2D eigenvalue weighted by molar-refractivity contribution is 6.15. The van der Waals surface area contributed by atoms with Crippen LogP contribution in [0.3, 0.4) is 0 Å². The second-order valence-corrected chi connectivity index (χ2v) is 18.9. The van der Waals surface area contributed by atoms with Gasteiger partial charge >= 0.3 is 0 Å². The molecule has 0 heteroatoms. The zero-order valence-corrected chi connectivity index (χ0v) is 38.3. The van der Waals surface area contributed by atoms with E-state index in [0.717, 1.165) is 0 Å². The molecule has 306 valence electrons. The van der Waals surface area contributed by atoms with Gasteiger partial charge in [0.05, 0.1) is 0 Å². The Morgan fingerprint density at radius 2 is 0.267 bits per heavy atom. The van der Waals surface area contributed by atoms with Crippen LogP contribution in [0, 0.1) is 0 Å². The molecule has 0 amide bonds. The van der Waals surface area contributed by atoms with Crippen LogP contribution in [0.25, 0.3) is 66.8 Å². The summed E-state index contributed by atoms with van der Waals surface area (Å²) in [4.78, 5) is 0. The molecule has 0 saturated heterocycles. The summed E-state index contributed by atoms with van der Waals surface area (Å²) in [7, 11) is 0. The van der Waals surface area contributed by atoms with Crippen molar-refractivity contribution in [2.24, 2.45) is 0 Å². The summed E-state index contributed by atoms with van der Waals surface area (Å²) in [6, 6.07) is 56.8. The fourth-order valence-corrected chi connectivity index (χ4v) is 8.69. The Bertz CT molecular complexity index is 2010. The predicted molar refractivity (Wildman–Crippen MR) is 264 cm³/mol. The minimum Gasteiger partial charge on any atom is -0.0587 e. The van der Waals surface area contributed by atoms with Crippen molar-refractivity contribution in [1.82, 2.24) is 0 Å². The first-order valence-electron chi connectivity index (χ1n) is 22.6. The lowest BCUT2D eigenvalue weighted by Gasteiger charge is -2.29. The molecule has 0 bridgehead atoms. The van der Waals surface area contributed by atoms with Crippen LogP contribution < -0.4 is 0 Å². The molecule has 0 saturated carbocycles. The Labute approximate surface area is 362 Å². The van der Waals surface area contributed by atoms with Crippen molar-refractivity contribution in [3.63, 3.8) is 0 Å². The molecule has 0 N–H and O–H groups in total. The van der Waals surface area contributed by atoms with Crippen LogP contribution in [0.1, 0.15) is 152 Å². The van der Waals surface area contributed by atoms with Gasteiger partial charge in [0.1, 0.15) is 0 Å². The van der Waals surface area contributed by atoms with Gasteiger partial charge in [0.2, 0.25) is 0 Å². The molecular weight excluding hydrogens is 721 g/mol. The molecule has 7 aromatic rings. The highest BCUT2D eigenvalue weighted by atomic mass is 14.3. The Morgan fingerprint density at radius 1 is 0.167 bits per heavy atom. The van der Waals surface area contributed by atoms with Crippen molar-refractivity contribution in [2.75, 3.05) is 0 Å². The van der Waals surface area contributed by atoms with Gasteiger partial charge in [0.15, 0.2) is 0 Å². The van der Waals surface area contributed by atoms with Gasteiger partial charge in [-0.15, -0.1) is 0 Å². The van der Waals surface area contributed by atoms with Gasteiger partial charge in [0, 0.05) is 0 Å².